The molecule has 8 fully saturated rings. The van der Waals surface area contributed by atoms with Crippen molar-refractivity contribution >= 4 is 18.2 Å². The van der Waals surface area contributed by atoms with Crippen molar-refractivity contribution in [3.63, 3.8) is 0 Å². The fourth-order valence-corrected chi connectivity index (χ4v) is 10.8. The number of hydrogen-bond donors (Lipinski definition) is 3. The Hall–Kier alpha value is -2.31. The highest BCUT2D eigenvalue weighted by Gasteiger charge is 2.46. The maximum absolute atomic E-state index is 12.6. The fraction of sp³-hybridized carbons (Fsp3) is 0.923. The molecule has 2 saturated carbocycles. The topological polar surface area (TPSA) is 113 Å². The van der Waals surface area contributed by atoms with E-state index in [1.807, 2.05) is 25.7 Å². The molecular weight excluding hydrogens is 644 g/mol. The lowest BCUT2D eigenvalue weighted by atomic mass is 9.89. The number of hydrogen-bond acceptors (Lipinski definition) is 7. The molecule has 0 spiro atoms. The van der Waals surface area contributed by atoms with Crippen LogP contribution in [0.1, 0.15) is 124 Å². The second-order valence-corrected chi connectivity index (χ2v) is 17.8. The molecule has 4 atom stereocenters. The van der Waals surface area contributed by atoms with Crippen LogP contribution in [0.15, 0.2) is 0 Å². The normalized spacial score (nSPS) is 32.5. The van der Waals surface area contributed by atoms with Crippen molar-refractivity contribution in [3.05, 3.63) is 0 Å². The molecule has 8 rings (SSSR count). The molecule has 0 aromatic rings. The van der Waals surface area contributed by atoms with E-state index in [1.54, 1.807) is 0 Å². The second-order valence-electron chi connectivity index (χ2n) is 17.8. The van der Waals surface area contributed by atoms with Crippen LogP contribution in [0.25, 0.3) is 0 Å². The minimum absolute atomic E-state index is 0.172. The Morgan fingerprint density at radius 1 is 0.569 bits per heavy atom. The van der Waals surface area contributed by atoms with Crippen LogP contribution in [-0.2, 0) is 4.74 Å². The Morgan fingerprint density at radius 3 is 1.43 bits per heavy atom. The summed E-state index contributed by atoms with van der Waals surface area (Å²) in [7, 11) is 0. The summed E-state index contributed by atoms with van der Waals surface area (Å²) >= 11 is 0. The van der Waals surface area contributed by atoms with E-state index in [9.17, 15) is 14.4 Å². The van der Waals surface area contributed by atoms with E-state index in [1.165, 1.54) is 90.4 Å². The average Bonchev–Trinajstić information content (AvgIpc) is 3.66. The summed E-state index contributed by atoms with van der Waals surface area (Å²) in [6, 6.07) is 4.30. The quantitative estimate of drug-likeness (QED) is 0.387. The predicted molar refractivity (Wildman–Crippen MR) is 199 cm³/mol. The molecular formula is C39H68N8O4. The molecule has 12 nitrogen and oxygen atoms in total. The zero-order valence-corrected chi connectivity index (χ0v) is 32.0. The number of likely N-dealkylation sites (tertiary alicyclic amines) is 3. The maximum Gasteiger partial charge on any atom is 0.410 e. The first-order chi connectivity index (χ1) is 24.6. The molecule has 2 aliphatic carbocycles. The van der Waals surface area contributed by atoms with Gasteiger partial charge in [0.1, 0.15) is 5.60 Å². The van der Waals surface area contributed by atoms with E-state index < -0.39 is 5.60 Å². The lowest BCUT2D eigenvalue weighted by Crippen LogP contribution is -2.54. The highest BCUT2D eigenvalue weighted by Crippen LogP contribution is 2.35. The van der Waals surface area contributed by atoms with Gasteiger partial charge in [-0.25, -0.2) is 14.4 Å². The summed E-state index contributed by atoms with van der Waals surface area (Å²) < 4.78 is 5.51. The first-order valence-electron chi connectivity index (χ1n) is 21.0. The van der Waals surface area contributed by atoms with Crippen LogP contribution in [0.2, 0.25) is 0 Å². The molecule has 0 aromatic carbocycles. The zero-order chi connectivity index (χ0) is 35.5. The van der Waals surface area contributed by atoms with E-state index >= 15 is 0 Å². The van der Waals surface area contributed by atoms with Gasteiger partial charge in [-0.05, 0) is 111 Å². The number of carbonyl (C=O) groups is 3. The summed E-state index contributed by atoms with van der Waals surface area (Å²) in [5.41, 5.74) is -0.435. The molecule has 0 unspecified atom stereocenters. The third-order valence-corrected chi connectivity index (χ3v) is 13.5. The van der Waals surface area contributed by atoms with Crippen molar-refractivity contribution in [2.75, 3.05) is 52.4 Å². The Morgan fingerprint density at radius 2 is 0.980 bits per heavy atom. The van der Waals surface area contributed by atoms with E-state index in [2.05, 4.69) is 35.6 Å². The molecule has 6 aliphatic heterocycles. The van der Waals surface area contributed by atoms with Gasteiger partial charge < -0.3 is 45.2 Å². The first-order valence-corrected chi connectivity index (χ1v) is 21.0. The van der Waals surface area contributed by atoms with Gasteiger partial charge in [-0.3, -0.25) is 0 Å². The molecule has 0 radical (unpaired) electrons. The van der Waals surface area contributed by atoms with Crippen LogP contribution in [0.5, 0.6) is 0 Å². The molecule has 12 heteroatoms. The van der Waals surface area contributed by atoms with Crippen LogP contribution >= 0.6 is 0 Å². The highest BCUT2D eigenvalue weighted by molar-refractivity contribution is 5.78. The van der Waals surface area contributed by atoms with E-state index in [0.717, 1.165) is 70.7 Å². The first kappa shape index (κ1) is 37.0. The predicted octanol–water partition coefficient (Wildman–Crippen LogP) is 4.73. The number of piperidine rings is 4. The molecule has 0 aromatic heterocycles. The Bertz CT molecular complexity index is 1180. The molecule has 3 N–H and O–H groups in total. The van der Waals surface area contributed by atoms with Gasteiger partial charge in [-0.2, -0.15) is 0 Å². The van der Waals surface area contributed by atoms with Crippen molar-refractivity contribution in [2.24, 2.45) is 0 Å². The number of fused-ring (bicyclic) bond motifs is 2. The van der Waals surface area contributed by atoms with Gasteiger partial charge in [-0.1, -0.05) is 25.7 Å². The van der Waals surface area contributed by atoms with Crippen LogP contribution in [-0.4, -0.2) is 149 Å². The molecule has 6 heterocycles. The van der Waals surface area contributed by atoms with Crippen LogP contribution in [0.3, 0.4) is 0 Å². The largest absolute Gasteiger partial charge is 0.444 e. The zero-order valence-electron chi connectivity index (χ0n) is 32.0. The number of ether oxygens (including phenoxy) is 1. The lowest BCUT2D eigenvalue weighted by Gasteiger charge is -2.44. The van der Waals surface area contributed by atoms with E-state index in [0.29, 0.717) is 42.3 Å². The van der Waals surface area contributed by atoms with E-state index in [4.69, 9.17) is 4.74 Å². The lowest BCUT2D eigenvalue weighted by molar-refractivity contribution is 0.0104. The summed E-state index contributed by atoms with van der Waals surface area (Å²) in [6.45, 7) is 14.1. The van der Waals surface area contributed by atoms with Gasteiger partial charge in [-0.15, -0.1) is 0 Å². The van der Waals surface area contributed by atoms with Crippen molar-refractivity contribution in [1.29, 1.82) is 0 Å². The Kier molecular flexibility index (Phi) is 11.9. The third-order valence-electron chi connectivity index (χ3n) is 13.5. The van der Waals surface area contributed by atoms with Crippen molar-refractivity contribution in [1.82, 2.24) is 40.4 Å². The molecule has 6 saturated heterocycles. The molecule has 288 valence electrons. The standard InChI is InChI=1S/C22H38N4O3.C17H30N4O/c1-22(2,3)29-21(28)25-14-8-16(9-15-25)24-12-10-17(11-13-24)26-19-7-5-4-6-18(19)23-20(26)27;22-17-19-15-3-1-2-4-16(15)21(17)14-7-11-20(12-8-14)13-5-9-18-10-6-13/h16-19H,4-15H2,1-3H3,(H,23,27);13-16,18H,1-12H2,(H,19,22)/t18-,19-;15-,16-/m00/s1. The minimum Gasteiger partial charge on any atom is -0.444 e. The smallest absolute Gasteiger partial charge is 0.410 e. The van der Waals surface area contributed by atoms with Gasteiger partial charge in [0.25, 0.3) is 0 Å². The molecule has 8 aliphatic rings. The van der Waals surface area contributed by atoms with Crippen molar-refractivity contribution in [3.8, 4) is 0 Å². The van der Waals surface area contributed by atoms with Gasteiger partial charge in [0.2, 0.25) is 0 Å². The Labute approximate surface area is 307 Å². The molecule has 0 bridgehead atoms. The van der Waals surface area contributed by atoms with Gasteiger partial charge in [0.05, 0.1) is 24.2 Å². The summed E-state index contributed by atoms with van der Waals surface area (Å²) in [5, 5.41) is 9.93. The van der Waals surface area contributed by atoms with Crippen LogP contribution in [0, 0.1) is 0 Å². The highest BCUT2D eigenvalue weighted by atomic mass is 16.6. The number of rotatable bonds is 4. The van der Waals surface area contributed by atoms with E-state index in [-0.39, 0.29) is 18.2 Å². The molecule has 51 heavy (non-hydrogen) atoms. The van der Waals surface area contributed by atoms with Gasteiger partial charge >= 0.3 is 18.2 Å². The SMILES string of the molecule is CC(C)(C)OC(=O)N1CCC(N2CCC(N3C(=O)N[C@H]4CCCC[C@@H]43)CC2)CC1.O=C1N[C@H]2CCCC[C@@H]2N1C1CCN(C2CCNCC2)CC1. The number of carbonyl (C=O) groups excluding carboxylic acids is 3. The van der Waals surface area contributed by atoms with Gasteiger partial charge in [0, 0.05) is 63.4 Å². The molecule has 5 amide bonds. The van der Waals surface area contributed by atoms with Crippen molar-refractivity contribution < 1.29 is 19.1 Å². The number of nitrogens with one attached hydrogen (secondary N) is 3. The minimum atomic E-state index is -0.435. The number of amides is 5. The Balaban J connectivity index is 0.000000165. The van der Waals surface area contributed by atoms with Crippen LogP contribution < -0.4 is 16.0 Å². The third kappa shape index (κ3) is 8.75. The van der Waals surface area contributed by atoms with Gasteiger partial charge in [0.15, 0.2) is 0 Å². The number of nitrogens with zero attached hydrogens (tertiary/aromatic N) is 5. The fourth-order valence-electron chi connectivity index (χ4n) is 10.8. The van der Waals surface area contributed by atoms with Crippen molar-refractivity contribution in [2.45, 2.75) is 177 Å². The summed E-state index contributed by atoms with van der Waals surface area (Å²) in [5.74, 6) is 0. The second kappa shape index (κ2) is 16.4. The number of urea groups is 2. The van der Waals surface area contributed by atoms with Crippen LogP contribution in [0.4, 0.5) is 14.4 Å². The average molecular weight is 713 g/mol. The monoisotopic (exact) mass is 713 g/mol. The summed E-state index contributed by atoms with van der Waals surface area (Å²) in [6.07, 6.45) is 18.7. The maximum atomic E-state index is 12.6. The summed E-state index contributed by atoms with van der Waals surface area (Å²) in [4.78, 5) is 48.8.